The third kappa shape index (κ3) is 3.57. The van der Waals surface area contributed by atoms with Crippen molar-refractivity contribution in [3.63, 3.8) is 0 Å². The van der Waals surface area contributed by atoms with E-state index in [0.29, 0.717) is 0 Å². The third-order valence-corrected chi connectivity index (χ3v) is 3.02. The van der Waals surface area contributed by atoms with Gasteiger partial charge in [0.15, 0.2) is 0 Å². The largest absolute Gasteiger partial charge is 0.357 e. The number of nitrogens with one attached hydrogen (secondary N) is 1. The van der Waals surface area contributed by atoms with Gasteiger partial charge in [0.1, 0.15) is 18.0 Å². The number of hydrazine groups is 1. The topological polar surface area (TPSA) is 67.1 Å². The molecule has 1 aromatic rings. The molecular weight excluding hydrogens is 226 g/mol. The first kappa shape index (κ1) is 14.7. The fourth-order valence-electron chi connectivity index (χ4n) is 2.04. The summed E-state index contributed by atoms with van der Waals surface area (Å²) in [6.45, 7) is 8.50. The lowest BCUT2D eigenvalue weighted by Crippen LogP contribution is -2.27. The summed E-state index contributed by atoms with van der Waals surface area (Å²) in [6.07, 6.45) is 5.94. The fraction of sp³-hybridized carbons (Fsp3) is 0.692. The number of nitrogen functional groups attached to an aromatic ring is 1. The molecule has 0 radical (unpaired) electrons. The Morgan fingerprint density at radius 1 is 1.22 bits per heavy atom. The van der Waals surface area contributed by atoms with Crippen molar-refractivity contribution in [1.82, 2.24) is 9.97 Å². The molecule has 0 fully saturated rings. The Balaban J connectivity index is 3.03. The highest BCUT2D eigenvalue weighted by Gasteiger charge is 2.14. The van der Waals surface area contributed by atoms with E-state index < -0.39 is 0 Å². The number of nitrogens with two attached hydrogens (primary N) is 1. The van der Waals surface area contributed by atoms with Gasteiger partial charge in [-0.2, -0.15) is 0 Å². The standard InChI is InChI=1S/C13H25N5/c1-4-7-9-18(6-3)13-11(8-5-2)12(17-14)15-10-16-13/h10H,4-9,14H2,1-3H3,(H,15,16,17). The van der Waals surface area contributed by atoms with Gasteiger partial charge in [0.05, 0.1) is 0 Å². The van der Waals surface area contributed by atoms with E-state index in [1.807, 2.05) is 0 Å². The van der Waals surface area contributed by atoms with Crippen molar-refractivity contribution in [2.75, 3.05) is 23.4 Å². The molecule has 5 nitrogen and oxygen atoms in total. The molecule has 0 unspecified atom stereocenters. The molecule has 0 aliphatic carbocycles. The van der Waals surface area contributed by atoms with Gasteiger partial charge < -0.3 is 10.3 Å². The highest BCUT2D eigenvalue weighted by Crippen LogP contribution is 2.24. The average Bonchev–Trinajstić information content (AvgIpc) is 2.41. The molecule has 1 heterocycles. The molecule has 0 saturated heterocycles. The number of hydrogen-bond donors (Lipinski definition) is 2. The summed E-state index contributed by atoms with van der Waals surface area (Å²) in [6, 6.07) is 0. The van der Waals surface area contributed by atoms with Crippen LogP contribution in [0.15, 0.2) is 6.33 Å². The number of nitrogens with zero attached hydrogens (tertiary/aromatic N) is 3. The molecule has 0 atom stereocenters. The smallest absolute Gasteiger partial charge is 0.148 e. The van der Waals surface area contributed by atoms with Crippen molar-refractivity contribution in [3.8, 4) is 0 Å². The van der Waals surface area contributed by atoms with E-state index in [0.717, 1.165) is 43.1 Å². The van der Waals surface area contributed by atoms with Crippen molar-refractivity contribution in [2.45, 2.75) is 46.5 Å². The van der Waals surface area contributed by atoms with Crippen LogP contribution >= 0.6 is 0 Å². The summed E-state index contributed by atoms with van der Waals surface area (Å²) in [4.78, 5) is 11.0. The normalized spacial score (nSPS) is 10.4. The highest BCUT2D eigenvalue weighted by molar-refractivity contribution is 5.58. The zero-order valence-corrected chi connectivity index (χ0v) is 11.7. The lowest BCUT2D eigenvalue weighted by Gasteiger charge is -2.25. The van der Waals surface area contributed by atoms with Crippen LogP contribution in [-0.2, 0) is 6.42 Å². The van der Waals surface area contributed by atoms with E-state index in [9.17, 15) is 0 Å². The van der Waals surface area contributed by atoms with E-state index >= 15 is 0 Å². The maximum atomic E-state index is 5.53. The molecule has 1 rings (SSSR count). The lowest BCUT2D eigenvalue weighted by atomic mass is 10.1. The van der Waals surface area contributed by atoms with Crippen molar-refractivity contribution >= 4 is 11.6 Å². The first-order chi connectivity index (χ1) is 8.78. The molecule has 1 aromatic heterocycles. The molecule has 3 N–H and O–H groups in total. The lowest BCUT2D eigenvalue weighted by molar-refractivity contribution is 0.716. The minimum atomic E-state index is 0.747. The Labute approximate surface area is 110 Å². The molecular formula is C13H25N5. The molecule has 0 amide bonds. The molecule has 5 heteroatoms. The summed E-state index contributed by atoms with van der Waals surface area (Å²) in [5.41, 5.74) is 3.80. The van der Waals surface area contributed by atoms with Crippen LogP contribution in [0.3, 0.4) is 0 Å². The van der Waals surface area contributed by atoms with Crippen LogP contribution < -0.4 is 16.2 Å². The van der Waals surface area contributed by atoms with Crippen LogP contribution in [0.4, 0.5) is 11.6 Å². The minimum Gasteiger partial charge on any atom is -0.357 e. The predicted octanol–water partition coefficient (Wildman–Crippen LogP) is 2.34. The summed E-state index contributed by atoms with van der Waals surface area (Å²) >= 11 is 0. The SMILES string of the molecule is CCCCN(CC)c1ncnc(NN)c1CCC. The second-order valence-electron chi connectivity index (χ2n) is 4.35. The monoisotopic (exact) mass is 251 g/mol. The molecule has 0 aromatic carbocycles. The number of anilines is 2. The van der Waals surface area contributed by atoms with Gasteiger partial charge >= 0.3 is 0 Å². The number of unbranched alkanes of at least 4 members (excludes halogenated alkanes) is 1. The van der Waals surface area contributed by atoms with E-state index in [2.05, 4.69) is 41.1 Å². The van der Waals surface area contributed by atoms with Crippen LogP contribution in [0.25, 0.3) is 0 Å². The molecule has 0 aliphatic heterocycles. The van der Waals surface area contributed by atoms with Crippen LogP contribution in [-0.4, -0.2) is 23.1 Å². The van der Waals surface area contributed by atoms with Crippen molar-refractivity contribution in [3.05, 3.63) is 11.9 Å². The first-order valence-electron chi connectivity index (χ1n) is 6.83. The minimum absolute atomic E-state index is 0.747. The van der Waals surface area contributed by atoms with Crippen molar-refractivity contribution in [1.29, 1.82) is 0 Å². The van der Waals surface area contributed by atoms with Crippen molar-refractivity contribution in [2.24, 2.45) is 5.84 Å². The Kier molecular flexibility index (Phi) is 6.43. The van der Waals surface area contributed by atoms with Gasteiger partial charge in [-0.15, -0.1) is 0 Å². The third-order valence-electron chi connectivity index (χ3n) is 3.02. The molecule has 0 aliphatic rings. The van der Waals surface area contributed by atoms with E-state index in [1.165, 1.54) is 12.8 Å². The Morgan fingerprint density at radius 3 is 2.56 bits per heavy atom. The van der Waals surface area contributed by atoms with Gasteiger partial charge in [0.25, 0.3) is 0 Å². The zero-order valence-electron chi connectivity index (χ0n) is 11.7. The summed E-state index contributed by atoms with van der Waals surface area (Å²) in [5, 5.41) is 0. The molecule has 102 valence electrons. The van der Waals surface area contributed by atoms with Gasteiger partial charge in [0.2, 0.25) is 0 Å². The molecule has 0 spiro atoms. The Bertz CT molecular complexity index is 353. The van der Waals surface area contributed by atoms with E-state index in [-0.39, 0.29) is 0 Å². The van der Waals surface area contributed by atoms with Crippen LogP contribution in [0.1, 0.15) is 45.6 Å². The van der Waals surface area contributed by atoms with Gasteiger partial charge in [-0.25, -0.2) is 15.8 Å². The van der Waals surface area contributed by atoms with Gasteiger partial charge in [0, 0.05) is 18.7 Å². The number of rotatable bonds is 8. The van der Waals surface area contributed by atoms with E-state index in [1.54, 1.807) is 6.33 Å². The Morgan fingerprint density at radius 2 is 2.00 bits per heavy atom. The fourth-order valence-corrected chi connectivity index (χ4v) is 2.04. The average molecular weight is 251 g/mol. The predicted molar refractivity (Wildman–Crippen MR) is 76.6 cm³/mol. The Hall–Kier alpha value is -1.36. The highest BCUT2D eigenvalue weighted by atomic mass is 15.3. The van der Waals surface area contributed by atoms with E-state index in [4.69, 9.17) is 5.84 Å². The second-order valence-corrected chi connectivity index (χ2v) is 4.35. The molecule has 0 bridgehead atoms. The zero-order chi connectivity index (χ0) is 13.4. The second kappa shape index (κ2) is 7.87. The van der Waals surface area contributed by atoms with Gasteiger partial charge in [-0.1, -0.05) is 26.7 Å². The number of hydrogen-bond acceptors (Lipinski definition) is 5. The van der Waals surface area contributed by atoms with Crippen LogP contribution in [0.5, 0.6) is 0 Å². The first-order valence-corrected chi connectivity index (χ1v) is 6.83. The number of aromatic nitrogens is 2. The maximum absolute atomic E-state index is 5.53. The van der Waals surface area contributed by atoms with Crippen LogP contribution in [0, 0.1) is 0 Å². The summed E-state index contributed by atoms with van der Waals surface area (Å²) < 4.78 is 0. The maximum Gasteiger partial charge on any atom is 0.148 e. The quantitative estimate of drug-likeness (QED) is 0.548. The molecule has 18 heavy (non-hydrogen) atoms. The summed E-state index contributed by atoms with van der Waals surface area (Å²) in [5.74, 6) is 7.30. The van der Waals surface area contributed by atoms with Crippen LogP contribution in [0.2, 0.25) is 0 Å². The van der Waals surface area contributed by atoms with Gasteiger partial charge in [-0.3, -0.25) is 0 Å². The molecule has 0 saturated carbocycles. The van der Waals surface area contributed by atoms with Gasteiger partial charge in [-0.05, 0) is 19.8 Å². The summed E-state index contributed by atoms with van der Waals surface area (Å²) in [7, 11) is 0. The van der Waals surface area contributed by atoms with Crippen molar-refractivity contribution < 1.29 is 0 Å².